The van der Waals surface area contributed by atoms with Crippen LogP contribution < -0.4 is 15.2 Å². The predicted molar refractivity (Wildman–Crippen MR) is 118 cm³/mol. The first kappa shape index (κ1) is 21.1. The number of nitrogens with zero attached hydrogens (tertiary/aromatic N) is 2. The quantitative estimate of drug-likeness (QED) is 0.549. The highest BCUT2D eigenvalue weighted by molar-refractivity contribution is 6.40. The summed E-state index contributed by atoms with van der Waals surface area (Å²) < 4.78 is 5.77. The minimum Gasteiger partial charge on any atom is -0.434 e. The maximum atomic E-state index is 12.8. The van der Waals surface area contributed by atoms with Gasteiger partial charge in [-0.2, -0.15) is 0 Å². The van der Waals surface area contributed by atoms with Crippen molar-refractivity contribution in [1.29, 1.82) is 0 Å². The van der Waals surface area contributed by atoms with Crippen LogP contribution in [0.1, 0.15) is 51.6 Å². The Morgan fingerprint density at radius 1 is 1.03 bits per heavy atom. The third-order valence-corrected chi connectivity index (χ3v) is 5.80. The average Bonchev–Trinajstić information content (AvgIpc) is 2.99. The second kappa shape index (κ2) is 7.83. The standard InChI is InChI=1S/C22H17Cl2N3O4/c1-10(2)14-8-17(25-26-20(14)28)31-19-15(23)9-16(11(3)18(19)24)27-21(29)12-6-4-5-7-13(12)22(27)30/h4-10H,1-3H3,(H,26,28). The van der Waals surface area contributed by atoms with E-state index in [2.05, 4.69) is 10.2 Å². The van der Waals surface area contributed by atoms with Gasteiger partial charge in [0.25, 0.3) is 17.4 Å². The van der Waals surface area contributed by atoms with E-state index in [1.807, 2.05) is 13.8 Å². The van der Waals surface area contributed by atoms with Crippen molar-refractivity contribution >= 4 is 40.7 Å². The van der Waals surface area contributed by atoms with Gasteiger partial charge in [-0.05, 0) is 36.6 Å². The van der Waals surface area contributed by atoms with Crippen LogP contribution >= 0.6 is 23.2 Å². The summed E-state index contributed by atoms with van der Waals surface area (Å²) in [6.07, 6.45) is 0. The minimum absolute atomic E-state index is 0.0435. The maximum Gasteiger partial charge on any atom is 0.267 e. The highest BCUT2D eigenvalue weighted by atomic mass is 35.5. The molecule has 31 heavy (non-hydrogen) atoms. The van der Waals surface area contributed by atoms with Crippen LogP contribution in [0, 0.1) is 6.92 Å². The number of H-pyrrole nitrogens is 1. The van der Waals surface area contributed by atoms with Gasteiger partial charge in [0.1, 0.15) is 0 Å². The largest absolute Gasteiger partial charge is 0.434 e. The fourth-order valence-electron chi connectivity index (χ4n) is 3.40. The lowest BCUT2D eigenvalue weighted by molar-refractivity contribution is 0.0926. The number of aromatic nitrogens is 2. The zero-order valence-corrected chi connectivity index (χ0v) is 18.3. The Kier molecular flexibility index (Phi) is 5.33. The van der Waals surface area contributed by atoms with Crippen molar-refractivity contribution in [3.63, 3.8) is 0 Å². The number of halogens is 2. The molecule has 0 aliphatic carbocycles. The first-order valence-corrected chi connectivity index (χ1v) is 10.2. The number of nitrogens with one attached hydrogen (secondary N) is 1. The Labute approximate surface area is 187 Å². The maximum absolute atomic E-state index is 12.8. The number of hydrogen-bond donors (Lipinski definition) is 1. The number of hydrogen-bond acceptors (Lipinski definition) is 5. The van der Waals surface area contributed by atoms with Crippen molar-refractivity contribution in [3.8, 4) is 11.6 Å². The van der Waals surface area contributed by atoms with Crippen molar-refractivity contribution < 1.29 is 14.3 Å². The summed E-state index contributed by atoms with van der Waals surface area (Å²) in [5.41, 5.74) is 1.53. The summed E-state index contributed by atoms with van der Waals surface area (Å²) in [6.45, 7) is 5.40. The van der Waals surface area contributed by atoms with Gasteiger partial charge in [-0.25, -0.2) is 10.00 Å². The summed E-state index contributed by atoms with van der Waals surface area (Å²) in [5.74, 6) is -0.727. The number of rotatable bonds is 4. The molecular weight excluding hydrogens is 441 g/mol. The molecule has 3 aromatic rings. The van der Waals surface area contributed by atoms with Gasteiger partial charge in [-0.15, -0.1) is 5.10 Å². The van der Waals surface area contributed by atoms with Gasteiger partial charge in [0, 0.05) is 11.6 Å². The van der Waals surface area contributed by atoms with Crippen LogP contribution in [-0.4, -0.2) is 22.0 Å². The number of carbonyl (C=O) groups is 2. The van der Waals surface area contributed by atoms with Gasteiger partial charge in [-0.1, -0.05) is 49.2 Å². The Balaban J connectivity index is 1.75. The molecule has 0 radical (unpaired) electrons. The van der Waals surface area contributed by atoms with Crippen LogP contribution in [0.5, 0.6) is 11.6 Å². The lowest BCUT2D eigenvalue weighted by atomic mass is 10.1. The lowest BCUT2D eigenvalue weighted by Crippen LogP contribution is -2.30. The van der Waals surface area contributed by atoms with Crippen molar-refractivity contribution in [2.75, 3.05) is 4.90 Å². The van der Waals surface area contributed by atoms with Gasteiger partial charge in [0.2, 0.25) is 5.88 Å². The number of aromatic amines is 1. The summed E-state index contributed by atoms with van der Waals surface area (Å²) in [7, 11) is 0. The fourth-order valence-corrected chi connectivity index (χ4v) is 3.92. The molecule has 158 valence electrons. The molecular formula is C22H17Cl2N3O4. The molecule has 0 saturated heterocycles. The van der Waals surface area contributed by atoms with Crippen LogP contribution in [0.15, 0.2) is 41.2 Å². The molecule has 2 aromatic carbocycles. The smallest absolute Gasteiger partial charge is 0.267 e. The first-order valence-electron chi connectivity index (χ1n) is 9.44. The molecule has 0 bridgehead atoms. The number of carbonyl (C=O) groups excluding carboxylic acids is 2. The van der Waals surface area contributed by atoms with E-state index in [1.54, 1.807) is 31.2 Å². The molecule has 0 atom stereocenters. The van der Waals surface area contributed by atoms with Crippen molar-refractivity contribution in [2.45, 2.75) is 26.7 Å². The molecule has 0 unspecified atom stereocenters. The van der Waals surface area contributed by atoms with Gasteiger partial charge in [0.05, 0.1) is 26.9 Å². The molecule has 0 saturated carbocycles. The number of ether oxygens (including phenoxy) is 1. The van der Waals surface area contributed by atoms with Crippen molar-refractivity contribution in [2.24, 2.45) is 0 Å². The van der Waals surface area contributed by atoms with Gasteiger partial charge in [-0.3, -0.25) is 14.4 Å². The molecule has 1 aliphatic rings. The van der Waals surface area contributed by atoms with Crippen LogP contribution in [0.2, 0.25) is 10.0 Å². The minimum atomic E-state index is -0.451. The van der Waals surface area contributed by atoms with E-state index in [-0.39, 0.29) is 38.8 Å². The predicted octanol–water partition coefficient (Wildman–Crippen LogP) is 5.10. The normalized spacial score (nSPS) is 13.2. The third-order valence-electron chi connectivity index (χ3n) is 5.07. The van der Waals surface area contributed by atoms with Crippen molar-refractivity contribution in [3.05, 3.63) is 79.1 Å². The van der Waals surface area contributed by atoms with Crippen LogP contribution in [-0.2, 0) is 0 Å². The highest BCUT2D eigenvalue weighted by Gasteiger charge is 2.38. The van der Waals surface area contributed by atoms with E-state index in [0.29, 0.717) is 22.3 Å². The van der Waals surface area contributed by atoms with Gasteiger partial charge >= 0.3 is 0 Å². The van der Waals surface area contributed by atoms with E-state index in [1.165, 1.54) is 12.1 Å². The SMILES string of the molecule is Cc1c(N2C(=O)c3ccccc3C2=O)cc(Cl)c(Oc2cc(C(C)C)c(=O)[nH]n2)c1Cl. The molecule has 1 aliphatic heterocycles. The topological polar surface area (TPSA) is 92.4 Å². The summed E-state index contributed by atoms with van der Waals surface area (Å²) in [5, 5.41) is 6.48. The molecule has 1 N–H and O–H groups in total. The zero-order valence-electron chi connectivity index (χ0n) is 16.8. The fraction of sp³-hybridized carbons (Fsp3) is 0.182. The number of benzene rings is 2. The zero-order chi connectivity index (χ0) is 22.4. The van der Waals surface area contributed by atoms with Gasteiger partial charge in [0.15, 0.2) is 5.75 Å². The van der Waals surface area contributed by atoms with E-state index >= 15 is 0 Å². The van der Waals surface area contributed by atoms with Crippen LogP contribution in [0.25, 0.3) is 0 Å². The Morgan fingerprint density at radius 3 is 2.23 bits per heavy atom. The summed E-state index contributed by atoms with van der Waals surface area (Å²) >= 11 is 12.9. The van der Waals surface area contributed by atoms with Crippen LogP contribution in [0.4, 0.5) is 5.69 Å². The average molecular weight is 458 g/mol. The number of fused-ring (bicyclic) bond motifs is 1. The second-order valence-corrected chi connectivity index (χ2v) is 8.17. The highest BCUT2D eigenvalue weighted by Crippen LogP contribution is 2.44. The molecule has 7 nitrogen and oxygen atoms in total. The van der Waals surface area contributed by atoms with Crippen molar-refractivity contribution in [1.82, 2.24) is 10.2 Å². The molecule has 0 spiro atoms. The summed E-state index contributed by atoms with van der Waals surface area (Å²) in [4.78, 5) is 38.6. The lowest BCUT2D eigenvalue weighted by Gasteiger charge is -2.20. The van der Waals surface area contributed by atoms with E-state index in [0.717, 1.165) is 4.90 Å². The molecule has 2 amide bonds. The third kappa shape index (κ3) is 3.49. The van der Waals surface area contributed by atoms with Gasteiger partial charge < -0.3 is 4.74 Å². The molecule has 9 heteroatoms. The molecule has 0 fully saturated rings. The monoisotopic (exact) mass is 457 g/mol. The Bertz CT molecular complexity index is 1270. The van der Waals surface area contributed by atoms with E-state index in [4.69, 9.17) is 27.9 Å². The molecule has 1 aromatic heterocycles. The molecule has 2 heterocycles. The Hall–Kier alpha value is -3.16. The number of anilines is 1. The first-order chi connectivity index (χ1) is 14.7. The second-order valence-electron chi connectivity index (χ2n) is 7.38. The summed E-state index contributed by atoms with van der Waals surface area (Å²) in [6, 6.07) is 9.55. The van der Waals surface area contributed by atoms with Crippen LogP contribution in [0.3, 0.4) is 0 Å². The van der Waals surface area contributed by atoms with E-state index in [9.17, 15) is 14.4 Å². The molecule has 4 rings (SSSR count). The van der Waals surface area contributed by atoms with E-state index < -0.39 is 11.8 Å². The number of amides is 2. The number of imide groups is 1. The Morgan fingerprint density at radius 2 is 1.65 bits per heavy atom.